The number of carbonyl (C=O) groups is 1. The van der Waals surface area contributed by atoms with Gasteiger partial charge in [-0.05, 0) is 51.8 Å². The first-order valence-electron chi connectivity index (χ1n) is 6.89. The van der Waals surface area contributed by atoms with E-state index < -0.39 is 0 Å². The predicted octanol–water partition coefficient (Wildman–Crippen LogP) is 4.85. The van der Waals surface area contributed by atoms with E-state index in [0.717, 1.165) is 14.9 Å². The first-order chi connectivity index (χ1) is 9.88. The second kappa shape index (κ2) is 6.60. The van der Waals surface area contributed by atoms with Gasteiger partial charge in [-0.15, -0.1) is 0 Å². The maximum atomic E-state index is 12.2. The predicted molar refractivity (Wildman–Crippen MR) is 94.1 cm³/mol. The first-order valence-corrected chi connectivity index (χ1v) is 7.97. The monoisotopic (exact) mass is 394 g/mol. The summed E-state index contributed by atoms with van der Waals surface area (Å²) in [5.74, 6) is 0.777. The van der Waals surface area contributed by atoms with Crippen molar-refractivity contribution in [3.8, 4) is 5.75 Å². The third-order valence-electron chi connectivity index (χ3n) is 3.22. The minimum absolute atomic E-state index is 0.00453. The number of ether oxygens (including phenoxy) is 1. The highest BCUT2D eigenvalue weighted by atomic mass is 127. The first kappa shape index (κ1) is 16.0. The van der Waals surface area contributed by atoms with E-state index in [1.807, 2.05) is 48.5 Å². The Morgan fingerprint density at radius 1 is 1.05 bits per heavy atom. The van der Waals surface area contributed by atoms with Crippen molar-refractivity contribution >= 4 is 28.4 Å². The van der Waals surface area contributed by atoms with Gasteiger partial charge in [0.05, 0.1) is 0 Å². The molecule has 2 rings (SSSR count). The van der Waals surface area contributed by atoms with Gasteiger partial charge < -0.3 is 4.74 Å². The van der Waals surface area contributed by atoms with E-state index in [1.54, 1.807) is 0 Å². The van der Waals surface area contributed by atoms with Gasteiger partial charge in [-0.3, -0.25) is 4.79 Å². The molecule has 0 saturated heterocycles. The number of Topliss-reactive ketones (excluding diaryl/α,β-unsaturated/α-hetero) is 1. The van der Waals surface area contributed by atoms with Crippen LogP contribution in [0.15, 0.2) is 48.5 Å². The number of ketones is 1. The van der Waals surface area contributed by atoms with Crippen LogP contribution >= 0.6 is 22.6 Å². The molecule has 2 aromatic carbocycles. The Morgan fingerprint density at radius 2 is 1.67 bits per heavy atom. The summed E-state index contributed by atoms with van der Waals surface area (Å²) in [6.45, 7) is 6.47. The van der Waals surface area contributed by atoms with Crippen molar-refractivity contribution in [3.63, 3.8) is 0 Å². The third kappa shape index (κ3) is 4.30. The van der Waals surface area contributed by atoms with Crippen molar-refractivity contribution < 1.29 is 9.53 Å². The molecule has 0 aliphatic rings. The third-order valence-corrected chi connectivity index (χ3v) is 3.94. The van der Waals surface area contributed by atoms with E-state index in [0.29, 0.717) is 5.56 Å². The lowest BCUT2D eigenvalue weighted by atomic mass is 9.86. The van der Waals surface area contributed by atoms with Crippen LogP contribution in [0.4, 0.5) is 0 Å². The molecule has 0 amide bonds. The van der Waals surface area contributed by atoms with Crippen LogP contribution in [-0.2, 0) is 5.41 Å². The molecule has 0 aliphatic heterocycles. The summed E-state index contributed by atoms with van der Waals surface area (Å²) in [4.78, 5) is 12.2. The molecule has 0 aromatic heterocycles. The van der Waals surface area contributed by atoms with Crippen molar-refractivity contribution in [1.29, 1.82) is 0 Å². The number of hydrogen-bond donors (Lipinski definition) is 0. The molecule has 3 heteroatoms. The van der Waals surface area contributed by atoms with Crippen LogP contribution in [-0.4, -0.2) is 12.4 Å². The van der Waals surface area contributed by atoms with E-state index in [2.05, 4.69) is 43.4 Å². The number of halogens is 1. The minimum atomic E-state index is -0.0114. The molecule has 2 aromatic rings. The summed E-state index contributed by atoms with van der Waals surface area (Å²) in [5, 5.41) is 0. The minimum Gasteiger partial charge on any atom is -0.485 e. The molecule has 0 fully saturated rings. The van der Waals surface area contributed by atoms with Crippen molar-refractivity contribution in [1.82, 2.24) is 0 Å². The Hall–Kier alpha value is -1.36. The molecule has 110 valence electrons. The lowest BCUT2D eigenvalue weighted by Crippen LogP contribution is -2.16. The van der Waals surface area contributed by atoms with Gasteiger partial charge in [-0.1, -0.05) is 51.1 Å². The average Bonchev–Trinajstić information content (AvgIpc) is 2.45. The van der Waals surface area contributed by atoms with E-state index in [9.17, 15) is 4.79 Å². The maximum absolute atomic E-state index is 12.2. The topological polar surface area (TPSA) is 26.3 Å². The van der Waals surface area contributed by atoms with Crippen LogP contribution in [0.5, 0.6) is 5.75 Å². The standard InChI is InChI=1S/C18H19IO2/c1-18(2,3)15-6-4-5-7-17(15)21-12-16(20)13-8-10-14(19)11-9-13/h4-11H,12H2,1-3H3. The van der Waals surface area contributed by atoms with Gasteiger partial charge in [0.25, 0.3) is 0 Å². The molecule has 0 aliphatic carbocycles. The lowest BCUT2D eigenvalue weighted by Gasteiger charge is -2.22. The highest BCUT2D eigenvalue weighted by molar-refractivity contribution is 14.1. The van der Waals surface area contributed by atoms with Gasteiger partial charge in [0.1, 0.15) is 5.75 Å². The van der Waals surface area contributed by atoms with Gasteiger partial charge in [0.15, 0.2) is 12.4 Å². The van der Waals surface area contributed by atoms with Gasteiger partial charge in [0, 0.05) is 9.13 Å². The van der Waals surface area contributed by atoms with Crippen LogP contribution in [0.1, 0.15) is 36.7 Å². The zero-order chi connectivity index (χ0) is 15.5. The molecule has 21 heavy (non-hydrogen) atoms. The molecular weight excluding hydrogens is 375 g/mol. The van der Waals surface area contributed by atoms with Crippen molar-refractivity contribution in [2.45, 2.75) is 26.2 Å². The van der Waals surface area contributed by atoms with Crippen LogP contribution in [0.3, 0.4) is 0 Å². The Bertz CT molecular complexity index is 624. The SMILES string of the molecule is CC(C)(C)c1ccccc1OCC(=O)c1ccc(I)cc1. The highest BCUT2D eigenvalue weighted by Gasteiger charge is 2.19. The van der Waals surface area contributed by atoms with E-state index >= 15 is 0 Å². The van der Waals surface area contributed by atoms with Crippen molar-refractivity contribution in [2.75, 3.05) is 6.61 Å². The normalized spacial score (nSPS) is 11.2. The average molecular weight is 394 g/mol. The van der Waals surface area contributed by atoms with Crippen LogP contribution in [0.25, 0.3) is 0 Å². The summed E-state index contributed by atoms with van der Waals surface area (Å²) >= 11 is 2.22. The quantitative estimate of drug-likeness (QED) is 0.548. The molecule has 0 spiro atoms. The molecule has 0 saturated carbocycles. The molecule has 0 atom stereocenters. The van der Waals surface area contributed by atoms with Gasteiger partial charge in [0.2, 0.25) is 0 Å². The van der Waals surface area contributed by atoms with Gasteiger partial charge >= 0.3 is 0 Å². The fourth-order valence-electron chi connectivity index (χ4n) is 2.07. The maximum Gasteiger partial charge on any atom is 0.200 e. The lowest BCUT2D eigenvalue weighted by molar-refractivity contribution is 0.0920. The second-order valence-electron chi connectivity index (χ2n) is 5.96. The van der Waals surface area contributed by atoms with E-state index in [1.165, 1.54) is 0 Å². The summed E-state index contributed by atoms with van der Waals surface area (Å²) in [6, 6.07) is 15.4. The number of rotatable bonds is 4. The Labute approximate surface area is 139 Å². The van der Waals surface area contributed by atoms with E-state index in [4.69, 9.17) is 4.74 Å². The van der Waals surface area contributed by atoms with Gasteiger partial charge in [-0.25, -0.2) is 0 Å². The second-order valence-corrected chi connectivity index (χ2v) is 7.21. The highest BCUT2D eigenvalue weighted by Crippen LogP contribution is 2.30. The van der Waals surface area contributed by atoms with Crippen molar-refractivity contribution in [3.05, 3.63) is 63.2 Å². The molecule has 2 nitrogen and oxygen atoms in total. The Kier molecular flexibility index (Phi) is 5.04. The van der Waals surface area contributed by atoms with Crippen LogP contribution in [0.2, 0.25) is 0 Å². The summed E-state index contributed by atoms with van der Waals surface area (Å²) in [7, 11) is 0. The Balaban J connectivity index is 2.10. The van der Waals surface area contributed by atoms with E-state index in [-0.39, 0.29) is 17.8 Å². The smallest absolute Gasteiger partial charge is 0.200 e. The van der Waals surface area contributed by atoms with Crippen LogP contribution < -0.4 is 4.74 Å². The number of para-hydroxylation sites is 1. The summed E-state index contributed by atoms with van der Waals surface area (Å²) in [5.41, 5.74) is 1.78. The molecule has 0 unspecified atom stereocenters. The fourth-order valence-corrected chi connectivity index (χ4v) is 2.43. The largest absolute Gasteiger partial charge is 0.485 e. The molecule has 0 heterocycles. The fraction of sp³-hybridized carbons (Fsp3) is 0.278. The summed E-state index contributed by atoms with van der Waals surface area (Å²) in [6.07, 6.45) is 0. The molecular formula is C18H19IO2. The molecule has 0 radical (unpaired) electrons. The zero-order valence-electron chi connectivity index (χ0n) is 12.5. The van der Waals surface area contributed by atoms with Crippen molar-refractivity contribution in [2.24, 2.45) is 0 Å². The molecule has 0 N–H and O–H groups in total. The number of benzene rings is 2. The Morgan fingerprint density at radius 3 is 2.29 bits per heavy atom. The van der Waals surface area contributed by atoms with Crippen LogP contribution in [0, 0.1) is 3.57 Å². The van der Waals surface area contributed by atoms with Gasteiger partial charge in [-0.2, -0.15) is 0 Å². The summed E-state index contributed by atoms with van der Waals surface area (Å²) < 4.78 is 6.87. The zero-order valence-corrected chi connectivity index (χ0v) is 14.7. The number of hydrogen-bond acceptors (Lipinski definition) is 2. The number of carbonyl (C=O) groups excluding carboxylic acids is 1. The molecule has 0 bridgehead atoms.